The first-order chi connectivity index (χ1) is 9.06. The Morgan fingerprint density at radius 1 is 1.63 bits per heavy atom. The summed E-state index contributed by atoms with van der Waals surface area (Å²) in [5, 5.41) is 0. The van der Waals surface area contributed by atoms with Crippen molar-refractivity contribution in [2.75, 3.05) is 39.1 Å². The van der Waals surface area contributed by atoms with Gasteiger partial charge in [-0.3, -0.25) is 0 Å². The summed E-state index contributed by atoms with van der Waals surface area (Å²) in [6.45, 7) is 2.27. The van der Waals surface area contributed by atoms with Gasteiger partial charge in [0.25, 0.3) is 0 Å². The summed E-state index contributed by atoms with van der Waals surface area (Å²) in [7, 11) is 1.97. The van der Waals surface area contributed by atoms with Crippen LogP contribution in [-0.4, -0.2) is 50.3 Å². The predicted molar refractivity (Wildman–Crippen MR) is 68.3 cm³/mol. The number of halogens is 1. The first-order valence-corrected chi connectivity index (χ1v) is 6.08. The van der Waals surface area contributed by atoms with Crippen molar-refractivity contribution < 1.29 is 18.7 Å². The molecule has 1 unspecified atom stereocenters. The quantitative estimate of drug-likeness (QED) is 0.651. The summed E-state index contributed by atoms with van der Waals surface area (Å²) in [5.74, 6) is -1.37. The van der Waals surface area contributed by atoms with E-state index in [4.69, 9.17) is 15.2 Å². The molecule has 1 aromatic rings. The number of anilines is 1. The number of ether oxygens (including phenoxy) is 2. The Hall–Kier alpha value is -1.66. The number of esters is 1. The van der Waals surface area contributed by atoms with Crippen LogP contribution in [0.1, 0.15) is 10.4 Å². The number of hydrogen-bond donors (Lipinski definition) is 1. The minimum Gasteiger partial charge on any atom is -0.459 e. The third kappa shape index (κ3) is 3.65. The standard InChI is InChI=1S/C13H17FN2O3/c1-16-4-5-18-10(7-16)8-19-13(17)11-3-2-9(15)6-12(11)14/h2-3,6,10H,4-5,7-8,15H2,1H3. The highest BCUT2D eigenvalue weighted by Crippen LogP contribution is 2.13. The molecule has 1 atom stereocenters. The molecule has 1 aliphatic heterocycles. The minimum absolute atomic E-state index is 0.113. The maximum absolute atomic E-state index is 13.5. The first kappa shape index (κ1) is 13.8. The van der Waals surface area contributed by atoms with Gasteiger partial charge in [0.2, 0.25) is 0 Å². The molecular formula is C13H17FN2O3. The molecule has 5 nitrogen and oxygen atoms in total. The number of benzene rings is 1. The second kappa shape index (κ2) is 5.99. The molecule has 0 bridgehead atoms. The molecule has 0 radical (unpaired) electrons. The number of morpholine rings is 1. The molecule has 1 fully saturated rings. The van der Waals surface area contributed by atoms with Crippen LogP contribution in [0.15, 0.2) is 18.2 Å². The molecule has 0 amide bonds. The van der Waals surface area contributed by atoms with Gasteiger partial charge in [-0.05, 0) is 25.2 Å². The van der Waals surface area contributed by atoms with Crippen molar-refractivity contribution in [3.05, 3.63) is 29.6 Å². The Balaban J connectivity index is 1.90. The Morgan fingerprint density at radius 2 is 2.42 bits per heavy atom. The summed E-state index contributed by atoms with van der Waals surface area (Å²) in [5.41, 5.74) is 5.57. The number of carbonyl (C=O) groups excluding carboxylic acids is 1. The molecule has 0 aliphatic carbocycles. The molecular weight excluding hydrogens is 251 g/mol. The van der Waals surface area contributed by atoms with Gasteiger partial charge in [-0.25, -0.2) is 9.18 Å². The van der Waals surface area contributed by atoms with Crippen molar-refractivity contribution in [2.45, 2.75) is 6.10 Å². The van der Waals surface area contributed by atoms with Crippen molar-refractivity contribution in [1.29, 1.82) is 0 Å². The van der Waals surface area contributed by atoms with E-state index in [9.17, 15) is 9.18 Å². The number of rotatable bonds is 3. The Morgan fingerprint density at radius 3 is 3.11 bits per heavy atom. The number of likely N-dealkylation sites (N-methyl/N-ethyl adjacent to an activating group) is 1. The van der Waals surface area contributed by atoms with Crippen LogP contribution in [0.4, 0.5) is 10.1 Å². The van der Waals surface area contributed by atoms with E-state index < -0.39 is 11.8 Å². The summed E-state index contributed by atoms with van der Waals surface area (Å²) in [4.78, 5) is 13.8. The Labute approximate surface area is 111 Å². The largest absolute Gasteiger partial charge is 0.459 e. The van der Waals surface area contributed by atoms with Crippen molar-refractivity contribution in [3.63, 3.8) is 0 Å². The van der Waals surface area contributed by atoms with Gasteiger partial charge in [0, 0.05) is 18.8 Å². The van der Waals surface area contributed by atoms with Crippen LogP contribution < -0.4 is 5.73 Å². The van der Waals surface area contributed by atoms with Crippen LogP contribution in [-0.2, 0) is 9.47 Å². The van der Waals surface area contributed by atoms with Gasteiger partial charge < -0.3 is 20.1 Å². The summed E-state index contributed by atoms with van der Waals surface area (Å²) < 4.78 is 24.0. The highest BCUT2D eigenvalue weighted by molar-refractivity contribution is 5.90. The zero-order chi connectivity index (χ0) is 13.8. The molecule has 19 heavy (non-hydrogen) atoms. The summed E-state index contributed by atoms with van der Waals surface area (Å²) >= 11 is 0. The van der Waals surface area contributed by atoms with Crippen molar-refractivity contribution >= 4 is 11.7 Å². The normalized spacial score (nSPS) is 20.2. The van der Waals surface area contributed by atoms with Gasteiger partial charge in [-0.1, -0.05) is 0 Å². The van der Waals surface area contributed by atoms with Crippen LogP contribution in [0.25, 0.3) is 0 Å². The van der Waals surface area contributed by atoms with Crippen LogP contribution in [0.2, 0.25) is 0 Å². The third-order valence-electron chi connectivity index (χ3n) is 2.96. The summed E-state index contributed by atoms with van der Waals surface area (Å²) in [6.07, 6.45) is -0.167. The zero-order valence-corrected chi connectivity index (χ0v) is 10.8. The Kier molecular flexibility index (Phi) is 4.34. The lowest BCUT2D eigenvalue weighted by atomic mass is 10.2. The lowest BCUT2D eigenvalue weighted by Gasteiger charge is -2.29. The van der Waals surface area contributed by atoms with E-state index in [0.717, 1.165) is 12.6 Å². The van der Waals surface area contributed by atoms with Gasteiger partial charge in [-0.2, -0.15) is 0 Å². The van der Waals surface area contributed by atoms with Gasteiger partial charge >= 0.3 is 5.97 Å². The minimum atomic E-state index is -0.700. The third-order valence-corrected chi connectivity index (χ3v) is 2.96. The fraction of sp³-hybridized carbons (Fsp3) is 0.462. The highest BCUT2D eigenvalue weighted by atomic mass is 19.1. The van der Waals surface area contributed by atoms with Crippen molar-refractivity contribution in [2.24, 2.45) is 0 Å². The van der Waals surface area contributed by atoms with Gasteiger partial charge in [0.05, 0.1) is 12.2 Å². The Bertz CT molecular complexity index is 467. The predicted octanol–water partition coefficient (Wildman–Crippen LogP) is 0.895. The molecule has 104 valence electrons. The number of carbonyl (C=O) groups is 1. The first-order valence-electron chi connectivity index (χ1n) is 6.08. The van der Waals surface area contributed by atoms with Gasteiger partial charge in [0.1, 0.15) is 18.5 Å². The van der Waals surface area contributed by atoms with E-state index in [2.05, 4.69) is 4.90 Å². The lowest BCUT2D eigenvalue weighted by Crippen LogP contribution is -2.42. The van der Waals surface area contributed by atoms with E-state index >= 15 is 0 Å². The van der Waals surface area contributed by atoms with Crippen LogP contribution in [0.5, 0.6) is 0 Å². The van der Waals surface area contributed by atoms with E-state index in [1.165, 1.54) is 12.1 Å². The molecule has 0 aromatic heterocycles. The van der Waals surface area contributed by atoms with E-state index in [0.29, 0.717) is 13.2 Å². The fourth-order valence-electron chi connectivity index (χ4n) is 1.91. The summed E-state index contributed by atoms with van der Waals surface area (Å²) in [6, 6.07) is 3.88. The van der Waals surface area contributed by atoms with Crippen LogP contribution in [0, 0.1) is 5.82 Å². The molecule has 0 saturated carbocycles. The number of nitrogen functional groups attached to an aromatic ring is 1. The van der Waals surface area contributed by atoms with E-state index in [1.807, 2.05) is 7.05 Å². The fourth-order valence-corrected chi connectivity index (χ4v) is 1.91. The monoisotopic (exact) mass is 268 g/mol. The average Bonchev–Trinajstić information content (AvgIpc) is 2.36. The second-order valence-electron chi connectivity index (χ2n) is 4.59. The molecule has 6 heteroatoms. The molecule has 1 heterocycles. The molecule has 2 rings (SSSR count). The number of nitrogens with zero attached hydrogens (tertiary/aromatic N) is 1. The molecule has 1 aromatic carbocycles. The van der Waals surface area contributed by atoms with Crippen LogP contribution in [0.3, 0.4) is 0 Å². The van der Waals surface area contributed by atoms with Crippen molar-refractivity contribution in [1.82, 2.24) is 4.90 Å². The second-order valence-corrected chi connectivity index (χ2v) is 4.59. The van der Waals surface area contributed by atoms with E-state index in [1.54, 1.807) is 0 Å². The molecule has 0 spiro atoms. The number of nitrogens with two attached hydrogens (primary N) is 1. The van der Waals surface area contributed by atoms with Gasteiger partial charge in [0.15, 0.2) is 0 Å². The van der Waals surface area contributed by atoms with Gasteiger partial charge in [-0.15, -0.1) is 0 Å². The van der Waals surface area contributed by atoms with Crippen molar-refractivity contribution in [3.8, 4) is 0 Å². The van der Waals surface area contributed by atoms with E-state index in [-0.39, 0.29) is 24.0 Å². The molecule has 2 N–H and O–H groups in total. The molecule has 1 aliphatic rings. The molecule has 1 saturated heterocycles. The lowest BCUT2D eigenvalue weighted by molar-refractivity contribution is -0.0529. The smallest absolute Gasteiger partial charge is 0.341 e. The van der Waals surface area contributed by atoms with Crippen LogP contribution >= 0.6 is 0 Å². The maximum Gasteiger partial charge on any atom is 0.341 e. The SMILES string of the molecule is CN1CCOC(COC(=O)c2ccc(N)cc2F)C1. The topological polar surface area (TPSA) is 64.8 Å². The zero-order valence-electron chi connectivity index (χ0n) is 10.8. The number of hydrogen-bond acceptors (Lipinski definition) is 5. The highest BCUT2D eigenvalue weighted by Gasteiger charge is 2.20. The maximum atomic E-state index is 13.5. The average molecular weight is 268 g/mol.